The highest BCUT2D eigenvalue weighted by Gasteiger charge is 2.19. The fourth-order valence-electron chi connectivity index (χ4n) is 3.77. The van der Waals surface area contributed by atoms with Gasteiger partial charge >= 0.3 is 0 Å². The maximum atomic E-state index is 14.6. The molecule has 31 heavy (non-hydrogen) atoms. The van der Waals surface area contributed by atoms with Crippen LogP contribution >= 0.6 is 0 Å². The summed E-state index contributed by atoms with van der Waals surface area (Å²) in [5.74, 6) is 0.317. The van der Waals surface area contributed by atoms with E-state index in [1.165, 1.54) is 12.4 Å². The third kappa shape index (κ3) is 3.31. The van der Waals surface area contributed by atoms with E-state index in [0.717, 1.165) is 0 Å². The molecule has 0 aliphatic rings. The summed E-state index contributed by atoms with van der Waals surface area (Å²) in [6.07, 6.45) is 4.11. The first-order chi connectivity index (χ1) is 15.1. The number of anilines is 1. The van der Waals surface area contributed by atoms with Gasteiger partial charge in [-0.25, -0.2) is 19.3 Å². The maximum absolute atomic E-state index is 14.6. The highest BCUT2D eigenvalue weighted by molar-refractivity contribution is 5.83. The zero-order chi connectivity index (χ0) is 21.4. The van der Waals surface area contributed by atoms with Gasteiger partial charge in [-0.3, -0.25) is 4.79 Å². The SMILES string of the molecule is Nc1ncnc2c1ncn2CCCc1oc2ccccc2c(=O)c1-c1ccccc1F. The molecule has 2 N–H and O–H groups in total. The van der Waals surface area contributed by atoms with E-state index in [1.807, 2.05) is 4.57 Å². The molecule has 3 heterocycles. The molecule has 0 aliphatic carbocycles. The molecule has 7 nitrogen and oxygen atoms in total. The van der Waals surface area contributed by atoms with Gasteiger partial charge < -0.3 is 14.7 Å². The predicted octanol–water partition coefficient (Wildman–Crippen LogP) is 3.95. The average molecular weight is 415 g/mol. The number of para-hydroxylation sites is 1. The second-order valence-corrected chi connectivity index (χ2v) is 7.18. The van der Waals surface area contributed by atoms with Crippen LogP contribution in [0.15, 0.2) is 70.4 Å². The van der Waals surface area contributed by atoms with Gasteiger partial charge in [0.1, 0.15) is 29.0 Å². The molecule has 0 saturated carbocycles. The minimum Gasteiger partial charge on any atom is -0.460 e. The predicted molar refractivity (Wildman–Crippen MR) is 116 cm³/mol. The summed E-state index contributed by atoms with van der Waals surface area (Å²) in [6, 6.07) is 13.3. The Labute approximate surface area is 176 Å². The molecule has 0 radical (unpaired) electrons. The highest BCUT2D eigenvalue weighted by atomic mass is 19.1. The Balaban J connectivity index is 1.53. The highest BCUT2D eigenvalue weighted by Crippen LogP contribution is 2.28. The molecular weight excluding hydrogens is 397 g/mol. The van der Waals surface area contributed by atoms with Crippen LogP contribution in [-0.2, 0) is 13.0 Å². The van der Waals surface area contributed by atoms with Gasteiger partial charge in [0.2, 0.25) is 5.43 Å². The van der Waals surface area contributed by atoms with Gasteiger partial charge in [-0.15, -0.1) is 0 Å². The lowest BCUT2D eigenvalue weighted by molar-refractivity contribution is 0.513. The first-order valence-corrected chi connectivity index (χ1v) is 9.84. The smallest absolute Gasteiger partial charge is 0.200 e. The van der Waals surface area contributed by atoms with E-state index in [4.69, 9.17) is 10.2 Å². The Kier molecular flexibility index (Phi) is 4.66. The molecule has 8 heteroatoms. The normalized spacial score (nSPS) is 11.4. The number of nitrogens with two attached hydrogens (primary N) is 1. The van der Waals surface area contributed by atoms with Crippen LogP contribution in [-0.4, -0.2) is 19.5 Å². The zero-order valence-electron chi connectivity index (χ0n) is 16.5. The van der Waals surface area contributed by atoms with Crippen molar-refractivity contribution in [2.24, 2.45) is 0 Å². The first kappa shape index (κ1) is 18.9. The van der Waals surface area contributed by atoms with Gasteiger partial charge in [0.15, 0.2) is 11.5 Å². The summed E-state index contributed by atoms with van der Waals surface area (Å²) in [6.45, 7) is 0.570. The number of aryl methyl sites for hydroxylation is 2. The summed E-state index contributed by atoms with van der Waals surface area (Å²) in [7, 11) is 0. The third-order valence-corrected chi connectivity index (χ3v) is 5.25. The lowest BCUT2D eigenvalue weighted by atomic mass is 9.99. The van der Waals surface area contributed by atoms with Crippen molar-refractivity contribution in [2.45, 2.75) is 19.4 Å². The Hall–Kier alpha value is -4.07. The molecule has 3 aromatic heterocycles. The van der Waals surface area contributed by atoms with Gasteiger partial charge in [0.05, 0.1) is 17.3 Å². The molecule has 0 bridgehead atoms. The molecule has 5 rings (SSSR count). The second kappa shape index (κ2) is 7.64. The molecular formula is C23H18FN5O2. The van der Waals surface area contributed by atoms with E-state index in [1.54, 1.807) is 48.8 Å². The summed E-state index contributed by atoms with van der Waals surface area (Å²) >= 11 is 0. The van der Waals surface area contributed by atoms with Gasteiger partial charge in [0, 0.05) is 18.5 Å². The van der Waals surface area contributed by atoms with E-state index >= 15 is 0 Å². The number of hydrogen-bond donors (Lipinski definition) is 1. The van der Waals surface area contributed by atoms with Gasteiger partial charge in [0.25, 0.3) is 0 Å². The van der Waals surface area contributed by atoms with E-state index in [0.29, 0.717) is 53.1 Å². The van der Waals surface area contributed by atoms with E-state index in [-0.39, 0.29) is 16.6 Å². The fourth-order valence-corrected chi connectivity index (χ4v) is 3.77. The molecule has 0 amide bonds. The van der Waals surface area contributed by atoms with E-state index in [9.17, 15) is 9.18 Å². The Morgan fingerprint density at radius 3 is 2.71 bits per heavy atom. The quantitative estimate of drug-likeness (QED) is 0.466. The molecule has 0 fully saturated rings. The van der Waals surface area contributed by atoms with Crippen LogP contribution in [0.25, 0.3) is 33.3 Å². The Bertz CT molecular complexity index is 1470. The van der Waals surface area contributed by atoms with Gasteiger partial charge in [-0.05, 0) is 24.6 Å². The number of halogens is 1. The maximum Gasteiger partial charge on any atom is 0.200 e. The van der Waals surface area contributed by atoms with Crippen molar-refractivity contribution in [3.8, 4) is 11.1 Å². The Morgan fingerprint density at radius 1 is 1.03 bits per heavy atom. The summed E-state index contributed by atoms with van der Waals surface area (Å²) in [5, 5.41) is 0.428. The number of benzene rings is 2. The Morgan fingerprint density at radius 2 is 1.84 bits per heavy atom. The number of fused-ring (bicyclic) bond motifs is 2. The molecule has 0 spiro atoms. The standard InChI is InChI=1S/C23H18FN5O2/c24-16-8-3-1-6-14(16)19-18(31-17-9-4-2-7-15(17)21(19)30)10-5-11-29-13-28-20-22(25)26-12-27-23(20)29/h1-4,6-9,12-13H,5,10-11H2,(H2,25,26,27). The molecule has 5 aromatic rings. The summed E-state index contributed by atoms with van der Waals surface area (Å²) < 4.78 is 22.5. The van der Waals surface area contributed by atoms with Crippen LogP contribution in [0.1, 0.15) is 12.2 Å². The molecule has 2 aromatic carbocycles. The number of rotatable bonds is 5. The average Bonchev–Trinajstić information content (AvgIpc) is 3.19. The van der Waals surface area contributed by atoms with Crippen molar-refractivity contribution >= 4 is 28.0 Å². The number of nitrogens with zero attached hydrogens (tertiary/aromatic N) is 4. The van der Waals surface area contributed by atoms with Crippen LogP contribution < -0.4 is 11.2 Å². The van der Waals surface area contributed by atoms with Crippen LogP contribution in [0.3, 0.4) is 0 Å². The minimum atomic E-state index is -0.459. The molecule has 0 saturated heterocycles. The fraction of sp³-hybridized carbons (Fsp3) is 0.130. The van der Waals surface area contributed by atoms with E-state index < -0.39 is 5.82 Å². The van der Waals surface area contributed by atoms with Crippen LogP contribution in [0, 0.1) is 5.82 Å². The topological polar surface area (TPSA) is 99.8 Å². The van der Waals surface area contributed by atoms with Crippen molar-refractivity contribution < 1.29 is 8.81 Å². The first-order valence-electron chi connectivity index (χ1n) is 9.84. The monoisotopic (exact) mass is 415 g/mol. The van der Waals surface area contributed by atoms with Crippen molar-refractivity contribution in [2.75, 3.05) is 5.73 Å². The van der Waals surface area contributed by atoms with Crippen LogP contribution in [0.4, 0.5) is 10.2 Å². The van der Waals surface area contributed by atoms with Crippen LogP contribution in [0.5, 0.6) is 0 Å². The lowest BCUT2D eigenvalue weighted by Crippen LogP contribution is -2.11. The van der Waals surface area contributed by atoms with Crippen LogP contribution in [0.2, 0.25) is 0 Å². The van der Waals surface area contributed by atoms with E-state index in [2.05, 4.69) is 15.0 Å². The van der Waals surface area contributed by atoms with Crippen molar-refractivity contribution in [1.29, 1.82) is 0 Å². The summed E-state index contributed by atoms with van der Waals surface area (Å²) in [4.78, 5) is 25.7. The van der Waals surface area contributed by atoms with Gasteiger partial charge in [-0.2, -0.15) is 0 Å². The number of aromatic nitrogens is 4. The van der Waals surface area contributed by atoms with Gasteiger partial charge in [-0.1, -0.05) is 30.3 Å². The molecule has 154 valence electrons. The largest absolute Gasteiger partial charge is 0.460 e. The number of imidazole rings is 1. The second-order valence-electron chi connectivity index (χ2n) is 7.18. The molecule has 0 aliphatic heterocycles. The van der Waals surface area contributed by atoms with Crippen molar-refractivity contribution in [3.63, 3.8) is 0 Å². The zero-order valence-corrected chi connectivity index (χ0v) is 16.5. The summed E-state index contributed by atoms with van der Waals surface area (Å²) in [5.41, 5.74) is 7.78. The van der Waals surface area contributed by atoms with Crippen molar-refractivity contribution in [3.05, 3.63) is 83.0 Å². The number of hydrogen-bond acceptors (Lipinski definition) is 6. The molecule has 0 atom stereocenters. The lowest BCUT2D eigenvalue weighted by Gasteiger charge is -2.11. The number of nitrogen functional groups attached to an aromatic ring is 1. The minimum absolute atomic E-state index is 0.240. The third-order valence-electron chi connectivity index (χ3n) is 5.25. The van der Waals surface area contributed by atoms with Crippen molar-refractivity contribution in [1.82, 2.24) is 19.5 Å². The molecule has 0 unspecified atom stereocenters.